The Morgan fingerprint density at radius 3 is 2.84 bits per heavy atom. The van der Waals surface area contributed by atoms with Crippen molar-refractivity contribution in [1.29, 1.82) is 5.26 Å². The molecule has 5 heteroatoms. The minimum Gasteiger partial charge on any atom is -0.480 e. The van der Waals surface area contributed by atoms with Crippen LogP contribution in [0.15, 0.2) is 22.7 Å². The normalized spacial score (nSPS) is 22.9. The second-order valence-electron chi connectivity index (χ2n) is 4.97. The van der Waals surface area contributed by atoms with E-state index in [1.807, 2.05) is 11.0 Å². The van der Waals surface area contributed by atoms with Gasteiger partial charge in [-0.1, -0.05) is 0 Å². The molecule has 1 unspecified atom stereocenters. The van der Waals surface area contributed by atoms with Crippen molar-refractivity contribution in [3.63, 3.8) is 0 Å². The van der Waals surface area contributed by atoms with Gasteiger partial charge in [-0.3, -0.25) is 0 Å². The quantitative estimate of drug-likeness (QED) is 0.908. The van der Waals surface area contributed by atoms with Gasteiger partial charge in [0.15, 0.2) is 0 Å². The lowest BCUT2D eigenvalue weighted by molar-refractivity contribution is -0.143. The molecule has 100 valence electrons. The average molecular weight is 323 g/mol. The van der Waals surface area contributed by atoms with Gasteiger partial charge in [0.05, 0.1) is 17.3 Å². The Morgan fingerprint density at radius 2 is 2.26 bits per heavy atom. The Hall–Kier alpha value is -1.54. The Morgan fingerprint density at radius 1 is 1.53 bits per heavy atom. The van der Waals surface area contributed by atoms with Crippen LogP contribution in [0.25, 0.3) is 0 Å². The fraction of sp³-hybridized carbons (Fsp3) is 0.429. The van der Waals surface area contributed by atoms with E-state index in [-0.39, 0.29) is 0 Å². The van der Waals surface area contributed by atoms with Crippen LogP contribution in [0.4, 0.5) is 5.69 Å². The summed E-state index contributed by atoms with van der Waals surface area (Å²) in [5.74, 6) is -0.802. The highest BCUT2D eigenvalue weighted by atomic mass is 79.9. The minimum atomic E-state index is -0.880. The average Bonchev–Trinajstić information content (AvgIpc) is 2.39. The summed E-state index contributed by atoms with van der Waals surface area (Å²) in [7, 11) is 0. The van der Waals surface area contributed by atoms with E-state index in [1.54, 1.807) is 19.1 Å². The number of rotatable bonds is 2. The lowest BCUT2D eigenvalue weighted by Crippen LogP contribution is -2.55. The van der Waals surface area contributed by atoms with Crippen molar-refractivity contribution >= 4 is 27.6 Å². The summed E-state index contributed by atoms with van der Waals surface area (Å²) < 4.78 is 0.765. The van der Waals surface area contributed by atoms with E-state index in [2.05, 4.69) is 22.0 Å². The molecule has 4 nitrogen and oxygen atoms in total. The van der Waals surface area contributed by atoms with Crippen LogP contribution >= 0.6 is 15.9 Å². The predicted octanol–water partition coefficient (Wildman–Crippen LogP) is 3.15. The van der Waals surface area contributed by atoms with Crippen molar-refractivity contribution in [3.05, 3.63) is 28.2 Å². The number of nitriles is 1. The topological polar surface area (TPSA) is 64.3 Å². The van der Waals surface area contributed by atoms with Crippen molar-refractivity contribution in [2.75, 3.05) is 11.4 Å². The van der Waals surface area contributed by atoms with Crippen molar-refractivity contribution in [2.24, 2.45) is 0 Å². The van der Waals surface area contributed by atoms with E-state index < -0.39 is 11.5 Å². The van der Waals surface area contributed by atoms with Crippen LogP contribution in [-0.2, 0) is 4.79 Å². The standard InChI is InChI=1S/C14H15BrN2O2/c1-14(13(18)19)6-2-3-7-17(14)12-5-4-10(9-16)8-11(12)15/h4-5,8H,2-3,6-7H2,1H3,(H,18,19). The van der Waals surface area contributed by atoms with Crippen LogP contribution in [0, 0.1) is 11.3 Å². The van der Waals surface area contributed by atoms with E-state index in [1.165, 1.54) is 0 Å². The number of carboxylic acid groups (broad SMARTS) is 1. The van der Waals surface area contributed by atoms with E-state index in [0.29, 0.717) is 18.5 Å². The molecule has 2 rings (SSSR count). The highest BCUT2D eigenvalue weighted by Gasteiger charge is 2.42. The van der Waals surface area contributed by atoms with Gasteiger partial charge >= 0.3 is 5.97 Å². The molecule has 1 fully saturated rings. The summed E-state index contributed by atoms with van der Waals surface area (Å²) in [6, 6.07) is 7.34. The molecule has 0 spiro atoms. The number of nitrogens with zero attached hydrogens (tertiary/aromatic N) is 2. The Bertz CT molecular complexity index is 553. The molecular formula is C14H15BrN2O2. The molecular weight excluding hydrogens is 308 g/mol. The van der Waals surface area contributed by atoms with Gasteiger partial charge in [-0.05, 0) is 60.3 Å². The number of hydrogen-bond acceptors (Lipinski definition) is 3. The molecule has 0 radical (unpaired) electrons. The molecule has 1 aromatic rings. The SMILES string of the molecule is CC1(C(=O)O)CCCCN1c1ccc(C#N)cc1Br. The third-order valence-electron chi connectivity index (χ3n) is 3.72. The Labute approximate surface area is 120 Å². The number of carbonyl (C=O) groups is 1. The minimum absolute atomic E-state index is 0.560. The van der Waals surface area contributed by atoms with Crippen LogP contribution in [0.3, 0.4) is 0 Å². The highest BCUT2D eigenvalue weighted by molar-refractivity contribution is 9.10. The van der Waals surface area contributed by atoms with Crippen molar-refractivity contribution in [1.82, 2.24) is 0 Å². The van der Waals surface area contributed by atoms with Gasteiger partial charge in [-0.2, -0.15) is 5.26 Å². The first-order chi connectivity index (χ1) is 8.99. The van der Waals surface area contributed by atoms with Crippen LogP contribution < -0.4 is 4.90 Å². The monoisotopic (exact) mass is 322 g/mol. The highest BCUT2D eigenvalue weighted by Crippen LogP contribution is 2.37. The van der Waals surface area contributed by atoms with Gasteiger partial charge in [-0.15, -0.1) is 0 Å². The van der Waals surface area contributed by atoms with E-state index in [0.717, 1.165) is 23.0 Å². The summed E-state index contributed by atoms with van der Waals surface area (Å²) >= 11 is 3.44. The van der Waals surface area contributed by atoms with Crippen LogP contribution in [0.2, 0.25) is 0 Å². The van der Waals surface area contributed by atoms with Crippen LogP contribution in [0.1, 0.15) is 31.7 Å². The van der Waals surface area contributed by atoms with Gasteiger partial charge in [0.1, 0.15) is 5.54 Å². The first kappa shape index (κ1) is 13.9. The lowest BCUT2D eigenvalue weighted by Gasteiger charge is -2.43. The third-order valence-corrected chi connectivity index (χ3v) is 4.35. The smallest absolute Gasteiger partial charge is 0.329 e. The van der Waals surface area contributed by atoms with Crippen molar-refractivity contribution in [2.45, 2.75) is 31.7 Å². The lowest BCUT2D eigenvalue weighted by atomic mass is 9.88. The maximum atomic E-state index is 11.6. The number of anilines is 1. The van der Waals surface area contributed by atoms with Gasteiger partial charge < -0.3 is 10.0 Å². The van der Waals surface area contributed by atoms with Crippen molar-refractivity contribution < 1.29 is 9.90 Å². The second kappa shape index (κ2) is 5.22. The molecule has 1 atom stereocenters. The Kier molecular flexibility index (Phi) is 3.81. The molecule has 0 aliphatic carbocycles. The van der Waals surface area contributed by atoms with Gasteiger partial charge in [0.25, 0.3) is 0 Å². The number of benzene rings is 1. The van der Waals surface area contributed by atoms with Gasteiger partial charge in [-0.25, -0.2) is 4.79 Å². The van der Waals surface area contributed by atoms with Crippen LogP contribution in [-0.4, -0.2) is 23.2 Å². The zero-order valence-corrected chi connectivity index (χ0v) is 12.3. The van der Waals surface area contributed by atoms with E-state index >= 15 is 0 Å². The maximum absolute atomic E-state index is 11.6. The molecule has 0 amide bonds. The molecule has 1 aromatic carbocycles. The fourth-order valence-electron chi connectivity index (χ4n) is 2.52. The molecule has 1 aliphatic rings. The maximum Gasteiger partial charge on any atom is 0.329 e. The number of aliphatic carboxylic acids is 1. The molecule has 1 N–H and O–H groups in total. The fourth-order valence-corrected chi connectivity index (χ4v) is 3.12. The summed E-state index contributed by atoms with van der Waals surface area (Å²) in [4.78, 5) is 13.5. The molecule has 0 bridgehead atoms. The molecule has 19 heavy (non-hydrogen) atoms. The molecule has 0 aromatic heterocycles. The second-order valence-corrected chi connectivity index (χ2v) is 5.82. The van der Waals surface area contributed by atoms with E-state index in [4.69, 9.17) is 5.26 Å². The Balaban J connectivity index is 2.44. The molecule has 1 aliphatic heterocycles. The zero-order chi connectivity index (χ0) is 14.0. The number of carboxylic acids is 1. The van der Waals surface area contributed by atoms with Gasteiger partial charge in [0, 0.05) is 11.0 Å². The summed E-state index contributed by atoms with van der Waals surface area (Å²) in [5.41, 5.74) is 0.517. The number of hydrogen-bond donors (Lipinski definition) is 1. The summed E-state index contributed by atoms with van der Waals surface area (Å²) in [6.07, 6.45) is 2.54. The number of piperidine rings is 1. The molecule has 1 saturated heterocycles. The van der Waals surface area contributed by atoms with E-state index in [9.17, 15) is 9.90 Å². The first-order valence-electron chi connectivity index (χ1n) is 6.20. The zero-order valence-electron chi connectivity index (χ0n) is 10.7. The largest absolute Gasteiger partial charge is 0.480 e. The molecule has 0 saturated carbocycles. The number of halogens is 1. The van der Waals surface area contributed by atoms with Crippen molar-refractivity contribution in [3.8, 4) is 6.07 Å². The summed E-state index contributed by atoms with van der Waals surface area (Å²) in [5, 5.41) is 18.4. The first-order valence-corrected chi connectivity index (χ1v) is 6.99. The summed E-state index contributed by atoms with van der Waals surface area (Å²) in [6.45, 7) is 2.48. The molecule has 1 heterocycles. The predicted molar refractivity (Wildman–Crippen MR) is 76.1 cm³/mol. The van der Waals surface area contributed by atoms with Gasteiger partial charge in [0.2, 0.25) is 0 Å². The third kappa shape index (κ3) is 2.45. The van der Waals surface area contributed by atoms with Crippen LogP contribution in [0.5, 0.6) is 0 Å².